The first-order valence-electron chi connectivity index (χ1n) is 7.18. The number of hydrogen-bond acceptors (Lipinski definition) is 3. The maximum absolute atomic E-state index is 14.1. The second-order valence-electron chi connectivity index (χ2n) is 4.93. The Bertz CT molecular complexity index is 567. The van der Waals surface area contributed by atoms with Gasteiger partial charge in [0.25, 0.3) is 0 Å². The first-order valence-corrected chi connectivity index (χ1v) is 8.00. The van der Waals surface area contributed by atoms with Crippen molar-refractivity contribution in [3.8, 4) is 0 Å². The maximum Gasteiger partial charge on any atom is 0.132 e. The second kappa shape index (κ2) is 7.16. The van der Waals surface area contributed by atoms with Gasteiger partial charge in [-0.1, -0.05) is 19.9 Å². The van der Waals surface area contributed by atoms with E-state index < -0.39 is 0 Å². The molecule has 1 aromatic heterocycles. The van der Waals surface area contributed by atoms with Crippen molar-refractivity contribution in [2.24, 2.45) is 0 Å². The van der Waals surface area contributed by atoms with Gasteiger partial charge in [-0.3, -0.25) is 0 Å². The first-order chi connectivity index (χ1) is 9.67. The van der Waals surface area contributed by atoms with Crippen LogP contribution in [0.1, 0.15) is 37.6 Å². The Labute approximate surface area is 124 Å². The van der Waals surface area contributed by atoms with Gasteiger partial charge < -0.3 is 10.1 Å². The predicted octanol–water partition coefficient (Wildman–Crippen LogP) is 4.47. The number of rotatable bonds is 7. The van der Waals surface area contributed by atoms with E-state index in [9.17, 15) is 4.39 Å². The van der Waals surface area contributed by atoms with Gasteiger partial charge in [-0.15, -0.1) is 11.3 Å². The molecule has 0 saturated carbocycles. The summed E-state index contributed by atoms with van der Waals surface area (Å²) in [5.74, 6) is -0.149. The molecule has 1 atom stereocenters. The van der Waals surface area contributed by atoms with Gasteiger partial charge in [0.05, 0.1) is 12.7 Å². The number of fused-ring (bicyclic) bond motifs is 1. The Morgan fingerprint density at radius 1 is 1.35 bits per heavy atom. The van der Waals surface area contributed by atoms with Crippen LogP contribution in [-0.2, 0) is 17.9 Å². The zero-order chi connectivity index (χ0) is 14.5. The van der Waals surface area contributed by atoms with Gasteiger partial charge in [0.1, 0.15) is 5.82 Å². The van der Waals surface area contributed by atoms with Crippen LogP contribution in [0.4, 0.5) is 4.39 Å². The zero-order valence-corrected chi connectivity index (χ0v) is 13.1. The molecule has 0 aliphatic rings. The smallest absolute Gasteiger partial charge is 0.132 e. The molecule has 20 heavy (non-hydrogen) atoms. The number of thiophene rings is 1. The quantitative estimate of drug-likeness (QED) is 0.814. The van der Waals surface area contributed by atoms with Crippen LogP contribution in [-0.4, -0.2) is 12.6 Å². The molecular formula is C16H22FNOS. The topological polar surface area (TPSA) is 21.3 Å². The molecule has 1 heterocycles. The normalized spacial score (nSPS) is 13.0. The molecule has 110 valence electrons. The van der Waals surface area contributed by atoms with Gasteiger partial charge in [0.15, 0.2) is 0 Å². The van der Waals surface area contributed by atoms with Crippen molar-refractivity contribution in [1.82, 2.24) is 5.32 Å². The summed E-state index contributed by atoms with van der Waals surface area (Å²) in [6, 6.07) is 5.27. The molecule has 0 aliphatic carbocycles. The minimum absolute atomic E-state index is 0.149. The lowest BCUT2D eigenvalue weighted by molar-refractivity contribution is 0.0512. The fourth-order valence-corrected chi connectivity index (χ4v) is 3.29. The van der Waals surface area contributed by atoms with Crippen molar-refractivity contribution in [2.75, 3.05) is 6.54 Å². The van der Waals surface area contributed by atoms with E-state index in [1.54, 1.807) is 17.4 Å². The summed E-state index contributed by atoms with van der Waals surface area (Å²) in [7, 11) is 0. The van der Waals surface area contributed by atoms with Crippen molar-refractivity contribution in [2.45, 2.75) is 46.4 Å². The summed E-state index contributed by atoms with van der Waals surface area (Å²) in [5, 5.41) is 4.05. The van der Waals surface area contributed by atoms with Crippen molar-refractivity contribution < 1.29 is 9.13 Å². The Kier molecular flexibility index (Phi) is 5.52. The number of ether oxygens (including phenoxy) is 1. The third kappa shape index (κ3) is 3.37. The van der Waals surface area contributed by atoms with Crippen LogP contribution in [0.15, 0.2) is 18.2 Å². The second-order valence-corrected chi connectivity index (χ2v) is 6.06. The van der Waals surface area contributed by atoms with E-state index in [2.05, 4.69) is 26.1 Å². The predicted molar refractivity (Wildman–Crippen MR) is 83.7 cm³/mol. The van der Waals surface area contributed by atoms with E-state index in [-0.39, 0.29) is 11.9 Å². The van der Waals surface area contributed by atoms with E-state index in [1.165, 1.54) is 10.9 Å². The lowest BCUT2D eigenvalue weighted by Crippen LogP contribution is -2.13. The number of nitrogens with one attached hydrogen (secondary N) is 1. The summed E-state index contributed by atoms with van der Waals surface area (Å²) in [4.78, 5) is 1.18. The van der Waals surface area contributed by atoms with Crippen LogP contribution >= 0.6 is 11.3 Å². The van der Waals surface area contributed by atoms with Crippen LogP contribution in [0.2, 0.25) is 0 Å². The minimum atomic E-state index is -0.149. The summed E-state index contributed by atoms with van der Waals surface area (Å²) < 4.78 is 21.0. The Morgan fingerprint density at radius 3 is 2.85 bits per heavy atom. The summed E-state index contributed by atoms with van der Waals surface area (Å²) >= 11 is 1.65. The van der Waals surface area contributed by atoms with Crippen molar-refractivity contribution in [1.29, 1.82) is 0 Å². The standard InChI is InChI=1S/C16H22FNOS/c1-4-11(3)19-10-12-15(9-18-5-2)20-14-8-6-7-13(17)16(12)14/h6-8,11,18H,4-5,9-10H2,1-3H3. The average molecular weight is 295 g/mol. The summed E-state index contributed by atoms with van der Waals surface area (Å²) in [6.07, 6.45) is 1.16. The molecule has 2 rings (SSSR count). The van der Waals surface area contributed by atoms with E-state index in [4.69, 9.17) is 4.74 Å². The Morgan fingerprint density at radius 2 is 2.15 bits per heavy atom. The van der Waals surface area contributed by atoms with Crippen molar-refractivity contribution >= 4 is 21.4 Å². The largest absolute Gasteiger partial charge is 0.374 e. The number of hydrogen-bond donors (Lipinski definition) is 1. The van der Waals surface area contributed by atoms with Crippen molar-refractivity contribution in [3.63, 3.8) is 0 Å². The van der Waals surface area contributed by atoms with Gasteiger partial charge in [0, 0.05) is 27.1 Å². The van der Waals surface area contributed by atoms with Crippen LogP contribution in [0.3, 0.4) is 0 Å². The minimum Gasteiger partial charge on any atom is -0.374 e. The fourth-order valence-electron chi connectivity index (χ4n) is 2.09. The highest BCUT2D eigenvalue weighted by atomic mass is 32.1. The average Bonchev–Trinajstić information content (AvgIpc) is 2.81. The molecule has 0 bridgehead atoms. The molecular weight excluding hydrogens is 273 g/mol. The third-order valence-corrected chi connectivity index (χ3v) is 4.67. The lowest BCUT2D eigenvalue weighted by Gasteiger charge is -2.12. The molecule has 2 aromatic rings. The van der Waals surface area contributed by atoms with Crippen molar-refractivity contribution in [3.05, 3.63) is 34.5 Å². The van der Waals surface area contributed by atoms with Gasteiger partial charge in [0.2, 0.25) is 0 Å². The van der Waals surface area contributed by atoms with Crippen LogP contribution in [0, 0.1) is 5.82 Å². The summed E-state index contributed by atoms with van der Waals surface area (Å²) in [6.45, 7) is 8.38. The fraction of sp³-hybridized carbons (Fsp3) is 0.500. The molecule has 1 N–H and O–H groups in total. The number of halogens is 1. The molecule has 0 spiro atoms. The van der Waals surface area contributed by atoms with Crippen LogP contribution in [0.5, 0.6) is 0 Å². The van der Waals surface area contributed by atoms with Gasteiger partial charge in [-0.25, -0.2) is 4.39 Å². The van der Waals surface area contributed by atoms with Gasteiger partial charge >= 0.3 is 0 Å². The van der Waals surface area contributed by atoms with E-state index in [1.807, 2.05) is 6.07 Å². The van der Waals surface area contributed by atoms with E-state index in [0.717, 1.165) is 35.2 Å². The molecule has 1 aromatic carbocycles. The molecule has 0 aliphatic heterocycles. The van der Waals surface area contributed by atoms with E-state index in [0.29, 0.717) is 6.61 Å². The van der Waals surface area contributed by atoms with E-state index >= 15 is 0 Å². The molecule has 4 heteroatoms. The summed E-state index contributed by atoms with van der Waals surface area (Å²) in [5.41, 5.74) is 1.00. The maximum atomic E-state index is 14.1. The molecule has 0 amide bonds. The highest BCUT2D eigenvalue weighted by Gasteiger charge is 2.16. The van der Waals surface area contributed by atoms with Crippen LogP contribution < -0.4 is 5.32 Å². The lowest BCUT2D eigenvalue weighted by atomic mass is 10.1. The number of benzene rings is 1. The zero-order valence-electron chi connectivity index (χ0n) is 12.3. The molecule has 1 unspecified atom stereocenters. The van der Waals surface area contributed by atoms with Gasteiger partial charge in [-0.2, -0.15) is 0 Å². The highest BCUT2D eigenvalue weighted by Crippen LogP contribution is 2.34. The molecule has 0 fully saturated rings. The SMILES string of the molecule is CCNCc1sc2cccc(F)c2c1COC(C)CC. The Balaban J connectivity index is 2.35. The first kappa shape index (κ1) is 15.4. The van der Waals surface area contributed by atoms with Crippen LogP contribution in [0.25, 0.3) is 10.1 Å². The molecule has 0 radical (unpaired) electrons. The monoisotopic (exact) mass is 295 g/mol. The third-order valence-electron chi connectivity index (χ3n) is 3.47. The Hall–Kier alpha value is -0.970. The molecule has 0 saturated heterocycles. The highest BCUT2D eigenvalue weighted by molar-refractivity contribution is 7.19. The van der Waals surface area contributed by atoms with Gasteiger partial charge in [-0.05, 0) is 32.0 Å². The molecule has 2 nitrogen and oxygen atoms in total.